The van der Waals surface area contributed by atoms with E-state index in [0.717, 1.165) is 13.1 Å². The van der Waals surface area contributed by atoms with Gasteiger partial charge in [-0.1, -0.05) is 37.8 Å². The first kappa shape index (κ1) is 20.4. The Balaban J connectivity index is 1.47. The summed E-state index contributed by atoms with van der Waals surface area (Å²) in [7, 11) is 0. The largest absolute Gasteiger partial charge is 0.385 e. The van der Waals surface area contributed by atoms with Crippen LogP contribution in [0.25, 0.3) is 0 Å². The summed E-state index contributed by atoms with van der Waals surface area (Å²) in [6.07, 6.45) is 7.85. The maximum atomic E-state index is 3.55. The molecular formula is C24H36N2. The lowest BCUT2D eigenvalue weighted by Gasteiger charge is -2.09. The standard InChI is InChI=1S/C24H36N2/c1-19-13-20(2)16-23(15-19)25-11-9-7-5-6-8-10-12-26-24-17-21(3)14-22(4)18-24/h13-18,25-26H,5-12H2,1-4H3. The molecule has 0 atom stereocenters. The van der Waals surface area contributed by atoms with Crippen LogP contribution in [0, 0.1) is 27.7 Å². The Labute approximate surface area is 160 Å². The molecule has 0 amide bonds. The van der Waals surface area contributed by atoms with Gasteiger partial charge in [-0.15, -0.1) is 0 Å². The molecule has 0 saturated carbocycles. The molecular weight excluding hydrogens is 316 g/mol. The van der Waals surface area contributed by atoms with Crippen molar-refractivity contribution >= 4 is 11.4 Å². The van der Waals surface area contributed by atoms with Crippen molar-refractivity contribution in [3.05, 3.63) is 58.7 Å². The van der Waals surface area contributed by atoms with E-state index >= 15 is 0 Å². The van der Waals surface area contributed by atoms with E-state index in [9.17, 15) is 0 Å². The summed E-state index contributed by atoms with van der Waals surface area (Å²) >= 11 is 0. The molecule has 0 radical (unpaired) electrons. The number of benzene rings is 2. The van der Waals surface area contributed by atoms with Crippen molar-refractivity contribution in [2.45, 2.75) is 66.2 Å². The average molecular weight is 353 g/mol. The quantitative estimate of drug-likeness (QED) is 0.435. The van der Waals surface area contributed by atoms with Gasteiger partial charge in [-0.05, 0) is 87.1 Å². The summed E-state index contributed by atoms with van der Waals surface area (Å²) in [6, 6.07) is 13.4. The van der Waals surface area contributed by atoms with Gasteiger partial charge < -0.3 is 10.6 Å². The number of anilines is 2. The molecule has 2 aromatic rings. The number of unbranched alkanes of at least 4 members (excludes halogenated alkanes) is 5. The normalized spacial score (nSPS) is 10.8. The van der Waals surface area contributed by atoms with Gasteiger partial charge in [0.25, 0.3) is 0 Å². The molecule has 0 fully saturated rings. The van der Waals surface area contributed by atoms with Crippen molar-refractivity contribution in [1.29, 1.82) is 0 Å². The highest BCUT2D eigenvalue weighted by Crippen LogP contribution is 2.15. The summed E-state index contributed by atoms with van der Waals surface area (Å²) in [5.41, 5.74) is 7.87. The summed E-state index contributed by atoms with van der Waals surface area (Å²) in [5, 5.41) is 7.11. The third-order valence-corrected chi connectivity index (χ3v) is 4.71. The van der Waals surface area contributed by atoms with Crippen molar-refractivity contribution in [2.75, 3.05) is 23.7 Å². The Bertz CT molecular complexity index is 576. The van der Waals surface area contributed by atoms with Gasteiger partial charge in [-0.25, -0.2) is 0 Å². The Hall–Kier alpha value is -1.96. The van der Waals surface area contributed by atoms with Crippen LogP contribution in [0.5, 0.6) is 0 Å². The van der Waals surface area contributed by atoms with Gasteiger partial charge in [0.2, 0.25) is 0 Å². The van der Waals surface area contributed by atoms with Crippen LogP contribution in [0.2, 0.25) is 0 Å². The van der Waals surface area contributed by atoms with E-state index in [1.54, 1.807) is 0 Å². The smallest absolute Gasteiger partial charge is 0.0345 e. The molecule has 2 nitrogen and oxygen atoms in total. The van der Waals surface area contributed by atoms with E-state index in [0.29, 0.717) is 0 Å². The lowest BCUT2D eigenvalue weighted by Crippen LogP contribution is -2.03. The molecule has 142 valence electrons. The molecule has 26 heavy (non-hydrogen) atoms. The minimum Gasteiger partial charge on any atom is -0.385 e. The highest BCUT2D eigenvalue weighted by atomic mass is 14.9. The predicted octanol–water partition coefficient (Wildman–Crippen LogP) is 6.78. The molecule has 0 aromatic heterocycles. The monoisotopic (exact) mass is 352 g/mol. The summed E-state index contributed by atoms with van der Waals surface area (Å²) < 4.78 is 0. The summed E-state index contributed by atoms with van der Waals surface area (Å²) in [6.45, 7) is 10.8. The second kappa shape index (κ2) is 10.9. The van der Waals surface area contributed by atoms with E-state index in [1.165, 1.54) is 72.2 Å². The molecule has 0 aliphatic heterocycles. The fourth-order valence-electron chi connectivity index (χ4n) is 3.58. The van der Waals surface area contributed by atoms with Crippen molar-refractivity contribution in [1.82, 2.24) is 0 Å². The van der Waals surface area contributed by atoms with Crippen molar-refractivity contribution < 1.29 is 0 Å². The number of aryl methyl sites for hydroxylation is 4. The van der Waals surface area contributed by atoms with Crippen LogP contribution in [0.3, 0.4) is 0 Å². The zero-order chi connectivity index (χ0) is 18.8. The molecule has 0 spiro atoms. The second-order valence-electron chi connectivity index (χ2n) is 7.73. The second-order valence-corrected chi connectivity index (χ2v) is 7.73. The number of hydrogen-bond acceptors (Lipinski definition) is 2. The highest BCUT2D eigenvalue weighted by molar-refractivity contribution is 5.49. The van der Waals surface area contributed by atoms with Crippen LogP contribution in [0.1, 0.15) is 60.8 Å². The van der Waals surface area contributed by atoms with Gasteiger partial charge >= 0.3 is 0 Å². The van der Waals surface area contributed by atoms with Crippen LogP contribution in [-0.2, 0) is 0 Å². The molecule has 2 heteroatoms. The Morgan fingerprint density at radius 2 is 0.769 bits per heavy atom. The van der Waals surface area contributed by atoms with Gasteiger partial charge in [-0.3, -0.25) is 0 Å². The molecule has 0 unspecified atom stereocenters. The number of rotatable bonds is 11. The van der Waals surface area contributed by atoms with Crippen molar-refractivity contribution in [3.63, 3.8) is 0 Å². The third-order valence-electron chi connectivity index (χ3n) is 4.71. The van der Waals surface area contributed by atoms with E-state index in [4.69, 9.17) is 0 Å². The predicted molar refractivity (Wildman–Crippen MR) is 117 cm³/mol. The van der Waals surface area contributed by atoms with Crippen molar-refractivity contribution in [3.8, 4) is 0 Å². The van der Waals surface area contributed by atoms with Gasteiger partial charge in [0, 0.05) is 24.5 Å². The molecule has 2 N–H and O–H groups in total. The van der Waals surface area contributed by atoms with Gasteiger partial charge in [0.05, 0.1) is 0 Å². The van der Waals surface area contributed by atoms with Crippen LogP contribution < -0.4 is 10.6 Å². The first-order valence-electron chi connectivity index (χ1n) is 10.2. The molecule has 0 aliphatic carbocycles. The van der Waals surface area contributed by atoms with E-state index in [-0.39, 0.29) is 0 Å². The SMILES string of the molecule is Cc1cc(C)cc(NCCCCCCCCNc2cc(C)cc(C)c2)c1. The lowest BCUT2D eigenvalue weighted by atomic mass is 10.1. The fraction of sp³-hybridized carbons (Fsp3) is 0.500. The molecule has 2 aromatic carbocycles. The fourth-order valence-corrected chi connectivity index (χ4v) is 3.58. The Kier molecular flexibility index (Phi) is 8.53. The summed E-state index contributed by atoms with van der Waals surface area (Å²) in [4.78, 5) is 0. The van der Waals surface area contributed by atoms with E-state index in [1.807, 2.05) is 0 Å². The number of nitrogens with one attached hydrogen (secondary N) is 2. The number of hydrogen-bond donors (Lipinski definition) is 2. The first-order valence-corrected chi connectivity index (χ1v) is 10.2. The minimum atomic E-state index is 1.08. The minimum absolute atomic E-state index is 1.08. The zero-order valence-corrected chi connectivity index (χ0v) is 17.1. The Morgan fingerprint density at radius 3 is 1.12 bits per heavy atom. The Morgan fingerprint density at radius 1 is 0.462 bits per heavy atom. The van der Waals surface area contributed by atoms with Crippen LogP contribution in [0.4, 0.5) is 11.4 Å². The van der Waals surface area contributed by atoms with Crippen LogP contribution in [-0.4, -0.2) is 13.1 Å². The molecule has 2 rings (SSSR count). The summed E-state index contributed by atoms with van der Waals surface area (Å²) in [5.74, 6) is 0. The topological polar surface area (TPSA) is 24.1 Å². The molecule has 0 heterocycles. The zero-order valence-electron chi connectivity index (χ0n) is 17.1. The molecule has 0 saturated heterocycles. The lowest BCUT2D eigenvalue weighted by molar-refractivity contribution is 0.610. The average Bonchev–Trinajstić information content (AvgIpc) is 2.55. The van der Waals surface area contributed by atoms with Gasteiger partial charge in [0.15, 0.2) is 0 Å². The van der Waals surface area contributed by atoms with Gasteiger partial charge in [0.1, 0.15) is 0 Å². The maximum Gasteiger partial charge on any atom is 0.0345 e. The molecule has 0 bridgehead atoms. The first-order chi connectivity index (χ1) is 12.5. The highest BCUT2D eigenvalue weighted by Gasteiger charge is 1.97. The van der Waals surface area contributed by atoms with E-state index in [2.05, 4.69) is 74.7 Å². The van der Waals surface area contributed by atoms with Crippen LogP contribution in [0.15, 0.2) is 36.4 Å². The maximum absolute atomic E-state index is 3.55. The van der Waals surface area contributed by atoms with Crippen LogP contribution >= 0.6 is 0 Å². The van der Waals surface area contributed by atoms with Gasteiger partial charge in [-0.2, -0.15) is 0 Å². The third kappa shape index (κ3) is 7.95. The molecule has 0 aliphatic rings. The van der Waals surface area contributed by atoms with Crippen molar-refractivity contribution in [2.24, 2.45) is 0 Å². The van der Waals surface area contributed by atoms with E-state index < -0.39 is 0 Å².